The molecule has 0 spiro atoms. The van der Waals surface area contributed by atoms with Gasteiger partial charge in [0, 0.05) is 11.4 Å². The first-order valence-electron chi connectivity index (χ1n) is 5.21. The molecule has 0 saturated heterocycles. The summed E-state index contributed by atoms with van der Waals surface area (Å²) in [6.07, 6.45) is 4.02. The molecule has 16 heavy (non-hydrogen) atoms. The minimum atomic E-state index is -0.948. The zero-order valence-corrected chi connectivity index (χ0v) is 9.48. The first kappa shape index (κ1) is 11.4. The van der Waals surface area contributed by atoms with E-state index in [0.29, 0.717) is 5.03 Å². The molecular formula is C11H13NO3S. The highest BCUT2D eigenvalue weighted by Crippen LogP contribution is 2.34. The molecule has 1 heterocycles. The normalized spacial score (nSPS) is 24.6. The Hall–Kier alpha value is -1.07. The predicted octanol–water partition coefficient (Wildman–Crippen LogP) is 1.79. The quantitative estimate of drug-likeness (QED) is 0.841. The highest BCUT2D eigenvalue weighted by Gasteiger charge is 2.26. The number of aliphatic hydroxyl groups is 1. The lowest BCUT2D eigenvalue weighted by atomic mass is 10.3. The Balaban J connectivity index is 2.09. The molecular weight excluding hydrogens is 226 g/mol. The van der Waals surface area contributed by atoms with Gasteiger partial charge in [0.2, 0.25) is 0 Å². The first-order valence-corrected chi connectivity index (χ1v) is 6.09. The van der Waals surface area contributed by atoms with Crippen LogP contribution in [-0.2, 0) is 0 Å². The lowest BCUT2D eigenvalue weighted by Crippen LogP contribution is -2.15. The van der Waals surface area contributed by atoms with Crippen molar-refractivity contribution in [2.45, 2.75) is 35.6 Å². The Kier molecular flexibility index (Phi) is 3.46. The standard InChI is InChI=1S/C11H13NO3S/c13-8-2-1-3-9(8)16-10-6-7(11(14)15)4-5-12-10/h4-6,8-9,13H,1-3H2,(H,14,15). The van der Waals surface area contributed by atoms with Crippen LogP contribution in [0.2, 0.25) is 0 Å². The zero-order chi connectivity index (χ0) is 11.5. The molecule has 0 radical (unpaired) electrons. The van der Waals surface area contributed by atoms with Gasteiger partial charge in [0.1, 0.15) is 0 Å². The van der Waals surface area contributed by atoms with Crippen molar-refractivity contribution in [1.29, 1.82) is 0 Å². The van der Waals surface area contributed by atoms with Gasteiger partial charge in [-0.1, -0.05) is 0 Å². The molecule has 86 valence electrons. The third-order valence-electron chi connectivity index (χ3n) is 2.67. The number of hydrogen-bond donors (Lipinski definition) is 2. The maximum atomic E-state index is 10.8. The van der Waals surface area contributed by atoms with Gasteiger partial charge in [-0.15, -0.1) is 11.8 Å². The molecule has 2 unspecified atom stereocenters. The molecule has 2 rings (SSSR count). The van der Waals surface area contributed by atoms with E-state index in [1.54, 1.807) is 6.07 Å². The second-order valence-electron chi connectivity index (χ2n) is 3.84. The van der Waals surface area contributed by atoms with Crippen molar-refractivity contribution in [3.8, 4) is 0 Å². The van der Waals surface area contributed by atoms with Gasteiger partial charge in [0.15, 0.2) is 0 Å². The Morgan fingerprint density at radius 1 is 1.50 bits per heavy atom. The van der Waals surface area contributed by atoms with E-state index in [9.17, 15) is 9.90 Å². The van der Waals surface area contributed by atoms with E-state index in [2.05, 4.69) is 4.98 Å². The summed E-state index contributed by atoms with van der Waals surface area (Å²) in [6.45, 7) is 0. The van der Waals surface area contributed by atoms with E-state index in [1.165, 1.54) is 24.0 Å². The maximum absolute atomic E-state index is 10.8. The van der Waals surface area contributed by atoms with Gasteiger partial charge >= 0.3 is 5.97 Å². The molecule has 2 atom stereocenters. The number of aromatic carboxylic acids is 1. The van der Waals surface area contributed by atoms with Crippen LogP contribution in [0, 0.1) is 0 Å². The highest BCUT2D eigenvalue weighted by molar-refractivity contribution is 7.99. The third-order valence-corrected chi connectivity index (χ3v) is 3.99. The third kappa shape index (κ3) is 2.54. The van der Waals surface area contributed by atoms with Crippen LogP contribution in [0.25, 0.3) is 0 Å². The van der Waals surface area contributed by atoms with E-state index in [1.807, 2.05) is 0 Å². The molecule has 1 fully saturated rings. The van der Waals surface area contributed by atoms with Crippen LogP contribution in [0.3, 0.4) is 0 Å². The number of hydrogen-bond acceptors (Lipinski definition) is 4. The molecule has 2 N–H and O–H groups in total. The molecule has 1 aromatic heterocycles. The lowest BCUT2D eigenvalue weighted by Gasteiger charge is -2.12. The second kappa shape index (κ2) is 4.84. The molecule has 4 nitrogen and oxygen atoms in total. The summed E-state index contributed by atoms with van der Waals surface area (Å²) in [5, 5.41) is 19.3. The van der Waals surface area contributed by atoms with Gasteiger partial charge in [-0.2, -0.15) is 0 Å². The van der Waals surface area contributed by atoms with E-state index < -0.39 is 5.97 Å². The number of carboxylic acids is 1. The summed E-state index contributed by atoms with van der Waals surface area (Å²) >= 11 is 1.47. The molecule has 0 amide bonds. The van der Waals surface area contributed by atoms with Crippen LogP contribution in [0.1, 0.15) is 29.6 Å². The number of aliphatic hydroxyl groups excluding tert-OH is 1. The monoisotopic (exact) mass is 239 g/mol. The van der Waals surface area contributed by atoms with Crippen molar-refractivity contribution in [2.75, 3.05) is 0 Å². The van der Waals surface area contributed by atoms with Crippen molar-refractivity contribution in [2.24, 2.45) is 0 Å². The Bertz CT molecular complexity index is 397. The van der Waals surface area contributed by atoms with Gasteiger partial charge in [-0.3, -0.25) is 0 Å². The minimum Gasteiger partial charge on any atom is -0.478 e. The summed E-state index contributed by atoms with van der Waals surface area (Å²) in [4.78, 5) is 14.9. The number of nitrogens with zero attached hydrogens (tertiary/aromatic N) is 1. The fraction of sp³-hybridized carbons (Fsp3) is 0.455. The second-order valence-corrected chi connectivity index (χ2v) is 5.10. The van der Waals surface area contributed by atoms with Gasteiger partial charge < -0.3 is 10.2 Å². The minimum absolute atomic E-state index is 0.150. The maximum Gasteiger partial charge on any atom is 0.335 e. The fourth-order valence-electron chi connectivity index (χ4n) is 1.81. The van der Waals surface area contributed by atoms with E-state index >= 15 is 0 Å². The molecule has 1 aromatic rings. The Labute approximate surface area is 97.7 Å². The summed E-state index contributed by atoms with van der Waals surface area (Å²) < 4.78 is 0. The van der Waals surface area contributed by atoms with Gasteiger partial charge in [0.05, 0.1) is 16.7 Å². The molecule has 1 saturated carbocycles. The SMILES string of the molecule is O=C(O)c1ccnc(SC2CCCC2O)c1. The van der Waals surface area contributed by atoms with Crippen LogP contribution < -0.4 is 0 Å². The number of aromatic nitrogens is 1. The molecule has 0 bridgehead atoms. The van der Waals surface area contributed by atoms with E-state index in [-0.39, 0.29) is 16.9 Å². The zero-order valence-electron chi connectivity index (χ0n) is 8.67. The molecule has 0 aliphatic heterocycles. The molecule has 0 aromatic carbocycles. The molecule has 1 aliphatic carbocycles. The smallest absolute Gasteiger partial charge is 0.335 e. The fourth-order valence-corrected chi connectivity index (χ4v) is 3.01. The van der Waals surface area contributed by atoms with Crippen molar-refractivity contribution in [3.05, 3.63) is 23.9 Å². The van der Waals surface area contributed by atoms with Crippen molar-refractivity contribution in [3.63, 3.8) is 0 Å². The number of carbonyl (C=O) groups is 1. The van der Waals surface area contributed by atoms with Crippen LogP contribution in [-0.4, -0.2) is 32.5 Å². The highest BCUT2D eigenvalue weighted by atomic mass is 32.2. The molecule has 5 heteroatoms. The number of thioether (sulfide) groups is 1. The topological polar surface area (TPSA) is 70.4 Å². The summed E-state index contributed by atoms with van der Waals surface area (Å²) in [5.41, 5.74) is 0.241. The number of rotatable bonds is 3. The van der Waals surface area contributed by atoms with Crippen LogP contribution in [0.5, 0.6) is 0 Å². The van der Waals surface area contributed by atoms with Crippen LogP contribution in [0.15, 0.2) is 23.4 Å². The van der Waals surface area contributed by atoms with Gasteiger partial charge in [0.25, 0.3) is 0 Å². The average Bonchev–Trinajstić information content (AvgIpc) is 2.65. The van der Waals surface area contributed by atoms with E-state index in [0.717, 1.165) is 19.3 Å². The van der Waals surface area contributed by atoms with Crippen molar-refractivity contribution in [1.82, 2.24) is 4.98 Å². The number of pyridine rings is 1. The number of carboxylic acid groups (broad SMARTS) is 1. The Morgan fingerprint density at radius 2 is 2.31 bits per heavy atom. The van der Waals surface area contributed by atoms with E-state index in [4.69, 9.17) is 5.11 Å². The van der Waals surface area contributed by atoms with Crippen LogP contribution in [0.4, 0.5) is 0 Å². The van der Waals surface area contributed by atoms with Crippen molar-refractivity contribution >= 4 is 17.7 Å². The first-order chi connectivity index (χ1) is 7.66. The summed E-state index contributed by atoms with van der Waals surface area (Å²) in [7, 11) is 0. The van der Waals surface area contributed by atoms with Crippen molar-refractivity contribution < 1.29 is 15.0 Å². The summed E-state index contributed by atoms with van der Waals surface area (Å²) in [5.74, 6) is -0.948. The Morgan fingerprint density at radius 3 is 2.94 bits per heavy atom. The average molecular weight is 239 g/mol. The molecule has 1 aliphatic rings. The van der Waals surface area contributed by atoms with Gasteiger partial charge in [-0.05, 0) is 31.4 Å². The van der Waals surface area contributed by atoms with Gasteiger partial charge in [-0.25, -0.2) is 9.78 Å². The summed E-state index contributed by atoms with van der Waals surface area (Å²) in [6, 6.07) is 3.02. The van der Waals surface area contributed by atoms with Crippen LogP contribution >= 0.6 is 11.8 Å². The lowest BCUT2D eigenvalue weighted by molar-refractivity contribution is 0.0696. The largest absolute Gasteiger partial charge is 0.478 e. The predicted molar refractivity (Wildman–Crippen MR) is 60.7 cm³/mol.